The van der Waals surface area contributed by atoms with Crippen molar-refractivity contribution in [3.63, 3.8) is 0 Å². The van der Waals surface area contributed by atoms with E-state index in [-0.39, 0.29) is 5.82 Å². The molecule has 0 saturated heterocycles. The summed E-state index contributed by atoms with van der Waals surface area (Å²) in [6.07, 6.45) is 0. The van der Waals surface area contributed by atoms with Gasteiger partial charge in [-0.2, -0.15) is 0 Å². The second kappa shape index (κ2) is 8.62. The number of nitrogens with zero attached hydrogens (tertiary/aromatic N) is 2. The third-order valence-electron chi connectivity index (χ3n) is 3.22. The van der Waals surface area contributed by atoms with Gasteiger partial charge < -0.3 is 10.6 Å². The Labute approximate surface area is 140 Å². The van der Waals surface area contributed by atoms with Crippen molar-refractivity contribution in [2.24, 2.45) is 4.99 Å². The summed E-state index contributed by atoms with van der Waals surface area (Å²) in [5.41, 5.74) is 1.96. The van der Waals surface area contributed by atoms with Crippen molar-refractivity contribution in [2.75, 3.05) is 6.54 Å². The van der Waals surface area contributed by atoms with Crippen LogP contribution >= 0.6 is 11.3 Å². The molecule has 1 heterocycles. The second-order valence-electron chi connectivity index (χ2n) is 5.50. The monoisotopic (exact) mass is 334 g/mol. The van der Waals surface area contributed by atoms with E-state index in [1.54, 1.807) is 17.4 Å². The van der Waals surface area contributed by atoms with Crippen molar-refractivity contribution in [2.45, 2.75) is 39.8 Å². The SMILES string of the molecule is CCNC(=NCc1cccc(F)c1)NCc1nc(C(C)C)cs1. The first-order valence-corrected chi connectivity index (χ1v) is 8.67. The Balaban J connectivity index is 1.95. The Kier molecular flexibility index (Phi) is 6.52. The van der Waals surface area contributed by atoms with Gasteiger partial charge in [-0.3, -0.25) is 0 Å². The van der Waals surface area contributed by atoms with Gasteiger partial charge in [-0.1, -0.05) is 26.0 Å². The Morgan fingerprint density at radius 2 is 2.17 bits per heavy atom. The number of nitrogens with one attached hydrogen (secondary N) is 2. The van der Waals surface area contributed by atoms with Crippen LogP contribution in [-0.4, -0.2) is 17.5 Å². The molecule has 0 fully saturated rings. The zero-order valence-corrected chi connectivity index (χ0v) is 14.6. The summed E-state index contributed by atoms with van der Waals surface area (Å²) in [6.45, 7) is 8.12. The summed E-state index contributed by atoms with van der Waals surface area (Å²) < 4.78 is 13.2. The van der Waals surface area contributed by atoms with Gasteiger partial charge in [-0.25, -0.2) is 14.4 Å². The van der Waals surface area contributed by atoms with Crippen molar-refractivity contribution in [3.05, 3.63) is 51.7 Å². The fourth-order valence-corrected chi connectivity index (χ4v) is 2.87. The van der Waals surface area contributed by atoms with Crippen LogP contribution in [0.25, 0.3) is 0 Å². The van der Waals surface area contributed by atoms with Crippen LogP contribution in [-0.2, 0) is 13.1 Å². The number of aromatic nitrogens is 1. The highest BCUT2D eigenvalue weighted by Crippen LogP contribution is 2.17. The Morgan fingerprint density at radius 1 is 1.35 bits per heavy atom. The van der Waals surface area contributed by atoms with Crippen molar-refractivity contribution in [1.29, 1.82) is 0 Å². The molecule has 0 unspecified atom stereocenters. The van der Waals surface area contributed by atoms with Crippen LogP contribution in [0.2, 0.25) is 0 Å². The molecule has 0 aliphatic rings. The van der Waals surface area contributed by atoms with E-state index < -0.39 is 0 Å². The molecule has 2 rings (SSSR count). The molecule has 0 spiro atoms. The largest absolute Gasteiger partial charge is 0.357 e. The minimum atomic E-state index is -0.236. The summed E-state index contributed by atoms with van der Waals surface area (Å²) in [7, 11) is 0. The molecule has 2 N–H and O–H groups in total. The van der Waals surface area contributed by atoms with Crippen molar-refractivity contribution in [3.8, 4) is 0 Å². The molecule has 6 heteroatoms. The molecule has 0 aliphatic carbocycles. The predicted octanol–water partition coefficient (Wildman–Crippen LogP) is 3.66. The van der Waals surface area contributed by atoms with Gasteiger partial charge in [0.25, 0.3) is 0 Å². The highest BCUT2D eigenvalue weighted by atomic mass is 32.1. The molecule has 0 amide bonds. The fourth-order valence-electron chi connectivity index (χ4n) is 1.98. The standard InChI is InChI=1S/C17H23FN4S/c1-4-19-17(20-9-13-6-5-7-14(18)8-13)21-10-16-22-15(11-23-16)12(2)3/h5-8,11-12H,4,9-10H2,1-3H3,(H2,19,20,21). The Bertz CT molecular complexity index is 652. The predicted molar refractivity (Wildman–Crippen MR) is 94.3 cm³/mol. The zero-order valence-electron chi connectivity index (χ0n) is 13.8. The van der Waals surface area contributed by atoms with Crippen LogP contribution < -0.4 is 10.6 Å². The van der Waals surface area contributed by atoms with Gasteiger partial charge in [0.2, 0.25) is 0 Å². The molecule has 0 saturated carbocycles. The minimum absolute atomic E-state index is 0.236. The molecule has 124 valence electrons. The first-order chi connectivity index (χ1) is 11.1. The van der Waals surface area contributed by atoms with E-state index in [9.17, 15) is 4.39 Å². The quantitative estimate of drug-likeness (QED) is 0.626. The van der Waals surface area contributed by atoms with Crippen LogP contribution in [0.5, 0.6) is 0 Å². The van der Waals surface area contributed by atoms with E-state index >= 15 is 0 Å². The van der Waals surface area contributed by atoms with Gasteiger partial charge in [0, 0.05) is 11.9 Å². The Hall–Kier alpha value is -1.95. The lowest BCUT2D eigenvalue weighted by Crippen LogP contribution is -2.36. The number of aliphatic imine (C=N–C) groups is 1. The molecule has 2 aromatic rings. The van der Waals surface area contributed by atoms with E-state index in [2.05, 4.69) is 39.8 Å². The van der Waals surface area contributed by atoms with Crippen LogP contribution in [0.4, 0.5) is 4.39 Å². The van der Waals surface area contributed by atoms with Gasteiger partial charge in [0.05, 0.1) is 18.8 Å². The first-order valence-electron chi connectivity index (χ1n) is 7.79. The van der Waals surface area contributed by atoms with Gasteiger partial charge in [-0.05, 0) is 30.5 Å². The number of thiazole rings is 1. The third kappa shape index (κ3) is 5.63. The molecular weight excluding hydrogens is 311 g/mol. The maximum atomic E-state index is 13.2. The summed E-state index contributed by atoms with van der Waals surface area (Å²) in [5.74, 6) is 0.910. The van der Waals surface area contributed by atoms with Crippen LogP contribution in [0.15, 0.2) is 34.6 Å². The summed E-state index contributed by atoms with van der Waals surface area (Å²) in [6, 6.07) is 6.50. The van der Waals surface area contributed by atoms with Crippen LogP contribution in [0.3, 0.4) is 0 Å². The number of halogens is 1. The number of hydrogen-bond acceptors (Lipinski definition) is 3. The second-order valence-corrected chi connectivity index (χ2v) is 6.44. The van der Waals surface area contributed by atoms with Crippen molar-refractivity contribution >= 4 is 17.3 Å². The van der Waals surface area contributed by atoms with Gasteiger partial charge >= 0.3 is 0 Å². The molecule has 0 aliphatic heterocycles. The molecule has 4 nitrogen and oxygen atoms in total. The van der Waals surface area contributed by atoms with Gasteiger partial charge in [-0.15, -0.1) is 11.3 Å². The smallest absolute Gasteiger partial charge is 0.191 e. The average molecular weight is 334 g/mol. The number of benzene rings is 1. The van der Waals surface area contributed by atoms with Gasteiger partial charge in [0.15, 0.2) is 5.96 Å². The maximum absolute atomic E-state index is 13.2. The normalized spacial score (nSPS) is 11.8. The van der Waals surface area contributed by atoms with E-state index in [0.29, 0.717) is 25.0 Å². The molecule has 0 bridgehead atoms. The maximum Gasteiger partial charge on any atom is 0.191 e. The summed E-state index contributed by atoms with van der Waals surface area (Å²) >= 11 is 1.65. The molecule has 1 aromatic heterocycles. The molecule has 23 heavy (non-hydrogen) atoms. The highest BCUT2D eigenvalue weighted by Gasteiger charge is 2.06. The van der Waals surface area contributed by atoms with E-state index in [1.165, 1.54) is 12.1 Å². The summed E-state index contributed by atoms with van der Waals surface area (Å²) in [5, 5.41) is 9.58. The number of guanidine groups is 1. The van der Waals surface area contributed by atoms with E-state index in [0.717, 1.165) is 22.8 Å². The van der Waals surface area contributed by atoms with Crippen molar-refractivity contribution < 1.29 is 4.39 Å². The molecule has 1 aromatic carbocycles. The average Bonchev–Trinajstić information content (AvgIpc) is 2.99. The highest BCUT2D eigenvalue weighted by molar-refractivity contribution is 7.09. The van der Waals surface area contributed by atoms with Crippen LogP contribution in [0, 0.1) is 5.82 Å². The number of rotatable bonds is 6. The molecule has 0 radical (unpaired) electrons. The van der Waals surface area contributed by atoms with Crippen molar-refractivity contribution in [1.82, 2.24) is 15.6 Å². The minimum Gasteiger partial charge on any atom is -0.357 e. The third-order valence-corrected chi connectivity index (χ3v) is 4.09. The lowest BCUT2D eigenvalue weighted by atomic mass is 10.2. The lowest BCUT2D eigenvalue weighted by molar-refractivity contribution is 0.625. The molecular formula is C17H23FN4S. The Morgan fingerprint density at radius 3 is 2.83 bits per heavy atom. The molecule has 0 atom stereocenters. The van der Waals surface area contributed by atoms with Gasteiger partial charge in [0.1, 0.15) is 10.8 Å². The number of hydrogen-bond donors (Lipinski definition) is 2. The van der Waals surface area contributed by atoms with E-state index in [4.69, 9.17) is 0 Å². The van der Waals surface area contributed by atoms with E-state index in [1.807, 2.05) is 13.0 Å². The zero-order chi connectivity index (χ0) is 16.7. The fraction of sp³-hybridized carbons (Fsp3) is 0.412. The first kappa shape index (κ1) is 17.4. The topological polar surface area (TPSA) is 49.3 Å². The lowest BCUT2D eigenvalue weighted by Gasteiger charge is -2.10. The summed E-state index contributed by atoms with van der Waals surface area (Å²) in [4.78, 5) is 9.08. The van der Waals surface area contributed by atoms with Crippen LogP contribution in [0.1, 0.15) is 43.0 Å².